The Labute approximate surface area is 134 Å². The van der Waals surface area contributed by atoms with Crippen LogP contribution in [0.25, 0.3) is 0 Å². The van der Waals surface area contributed by atoms with Crippen LogP contribution in [0, 0.1) is 10.5 Å². The van der Waals surface area contributed by atoms with Crippen molar-refractivity contribution < 1.29 is 4.79 Å². The zero-order chi connectivity index (χ0) is 14.7. The summed E-state index contributed by atoms with van der Waals surface area (Å²) in [5.74, 6) is -0.0961. The first kappa shape index (κ1) is 15.2. The van der Waals surface area contributed by atoms with Crippen LogP contribution in [0.5, 0.6) is 0 Å². The largest absolute Gasteiger partial charge is 0.292 e. The van der Waals surface area contributed by atoms with Gasteiger partial charge in [0.15, 0.2) is 5.78 Å². The third-order valence-electron chi connectivity index (χ3n) is 2.88. The number of ketones is 1. The maximum absolute atomic E-state index is 12.2. The molecule has 0 aliphatic rings. The fourth-order valence-corrected chi connectivity index (χ4v) is 2.54. The van der Waals surface area contributed by atoms with Crippen molar-refractivity contribution in [3.8, 4) is 0 Å². The van der Waals surface area contributed by atoms with Gasteiger partial charge in [-0.3, -0.25) is 14.2 Å². The molecule has 0 unspecified atom stereocenters. The van der Waals surface area contributed by atoms with E-state index in [1.165, 1.54) is 10.9 Å². The van der Waals surface area contributed by atoms with E-state index in [0.717, 1.165) is 4.90 Å². The van der Waals surface area contributed by atoms with Crippen molar-refractivity contribution >= 4 is 40.1 Å². The van der Waals surface area contributed by atoms with Crippen LogP contribution < -0.4 is 5.56 Å². The van der Waals surface area contributed by atoms with Gasteiger partial charge in [-0.05, 0) is 47.9 Å². The molecule has 4 nitrogen and oxygen atoms in total. The van der Waals surface area contributed by atoms with Crippen molar-refractivity contribution in [2.75, 3.05) is 6.26 Å². The van der Waals surface area contributed by atoms with Gasteiger partial charge in [0.2, 0.25) is 0 Å². The fourth-order valence-electron chi connectivity index (χ4n) is 1.68. The number of Topliss-reactive ketones (excluding diaryl/α,β-unsaturated/α-hetero) is 1. The lowest BCUT2D eigenvalue weighted by Crippen LogP contribution is -2.27. The summed E-state index contributed by atoms with van der Waals surface area (Å²) in [7, 11) is 0. The molecule has 2 rings (SSSR count). The molecule has 0 atom stereocenters. The number of hydrogen-bond donors (Lipinski definition) is 0. The second kappa shape index (κ2) is 6.53. The molecule has 0 radical (unpaired) electrons. The molecule has 1 heterocycles. The quantitative estimate of drug-likeness (QED) is 0.450. The normalized spacial score (nSPS) is 10.6. The highest BCUT2D eigenvalue weighted by molar-refractivity contribution is 14.1. The van der Waals surface area contributed by atoms with E-state index in [1.54, 1.807) is 30.8 Å². The number of hydrogen-bond acceptors (Lipinski definition) is 4. The van der Waals surface area contributed by atoms with Gasteiger partial charge in [-0.1, -0.05) is 12.1 Å². The van der Waals surface area contributed by atoms with Crippen molar-refractivity contribution in [3.63, 3.8) is 0 Å². The molecule has 0 N–H and O–H groups in total. The molecule has 2 aromatic rings. The minimum atomic E-state index is -0.174. The van der Waals surface area contributed by atoms with Crippen LogP contribution in [0.1, 0.15) is 16.1 Å². The third kappa shape index (κ3) is 3.29. The van der Waals surface area contributed by atoms with Gasteiger partial charge in [-0.15, -0.1) is 11.8 Å². The number of carbonyl (C=O) groups is 1. The smallest absolute Gasteiger partial charge is 0.267 e. The Balaban J connectivity index is 2.23. The summed E-state index contributed by atoms with van der Waals surface area (Å²) in [6.45, 7) is 1.79. The second-order valence-electron chi connectivity index (χ2n) is 4.23. The van der Waals surface area contributed by atoms with E-state index >= 15 is 0 Å². The van der Waals surface area contributed by atoms with E-state index in [9.17, 15) is 9.59 Å². The number of rotatable bonds is 4. The van der Waals surface area contributed by atoms with Gasteiger partial charge in [0, 0.05) is 10.5 Å². The van der Waals surface area contributed by atoms with Crippen molar-refractivity contribution in [2.24, 2.45) is 0 Å². The molecule has 0 bridgehead atoms. The zero-order valence-corrected chi connectivity index (χ0v) is 14.1. The third-order valence-corrected chi connectivity index (χ3v) is 4.87. The zero-order valence-electron chi connectivity index (χ0n) is 11.1. The Hall–Kier alpha value is -1.15. The summed E-state index contributed by atoms with van der Waals surface area (Å²) < 4.78 is 1.90. The predicted octanol–water partition coefficient (Wildman–Crippen LogP) is 2.76. The highest BCUT2D eigenvalue weighted by Gasteiger charge is 2.11. The van der Waals surface area contributed by atoms with Gasteiger partial charge >= 0.3 is 0 Å². The molecule has 0 amide bonds. The lowest BCUT2D eigenvalue weighted by Gasteiger charge is -2.06. The van der Waals surface area contributed by atoms with E-state index in [-0.39, 0.29) is 17.9 Å². The van der Waals surface area contributed by atoms with Crippen LogP contribution in [0.15, 0.2) is 40.3 Å². The summed E-state index contributed by atoms with van der Waals surface area (Å²) in [5, 5.41) is 0. The molecule has 1 aromatic carbocycles. The average Bonchev–Trinajstić information content (AvgIpc) is 2.48. The minimum Gasteiger partial charge on any atom is -0.292 e. The molecule has 0 fully saturated rings. The first-order valence-corrected chi connectivity index (χ1v) is 8.22. The highest BCUT2D eigenvalue weighted by atomic mass is 127. The van der Waals surface area contributed by atoms with Crippen LogP contribution >= 0.6 is 34.4 Å². The van der Waals surface area contributed by atoms with E-state index in [0.29, 0.717) is 14.8 Å². The molecular weight excluding hydrogens is 387 g/mol. The van der Waals surface area contributed by atoms with Gasteiger partial charge in [0.25, 0.3) is 5.56 Å². The summed E-state index contributed by atoms with van der Waals surface area (Å²) in [6, 6.07) is 7.37. The van der Waals surface area contributed by atoms with Gasteiger partial charge in [-0.25, -0.2) is 4.98 Å². The molecule has 20 heavy (non-hydrogen) atoms. The molecule has 104 valence electrons. The summed E-state index contributed by atoms with van der Waals surface area (Å²) in [4.78, 5) is 29.4. The number of aromatic nitrogens is 2. The highest BCUT2D eigenvalue weighted by Crippen LogP contribution is 2.15. The second-order valence-corrected chi connectivity index (χ2v) is 6.19. The van der Waals surface area contributed by atoms with Crippen LogP contribution in [0.2, 0.25) is 0 Å². The van der Waals surface area contributed by atoms with Crippen LogP contribution in [0.3, 0.4) is 0 Å². The van der Waals surface area contributed by atoms with E-state index in [1.807, 2.05) is 41.0 Å². The Morgan fingerprint density at radius 3 is 2.60 bits per heavy atom. The summed E-state index contributed by atoms with van der Waals surface area (Å²) >= 11 is 3.58. The van der Waals surface area contributed by atoms with Crippen molar-refractivity contribution in [2.45, 2.75) is 18.4 Å². The molecule has 0 aliphatic heterocycles. The minimum absolute atomic E-state index is 0.0146. The maximum atomic E-state index is 12.2. The van der Waals surface area contributed by atoms with Gasteiger partial charge in [0.1, 0.15) is 0 Å². The average molecular weight is 400 g/mol. The van der Waals surface area contributed by atoms with Gasteiger partial charge in [-0.2, -0.15) is 0 Å². The van der Waals surface area contributed by atoms with E-state index in [2.05, 4.69) is 4.98 Å². The molecule has 0 spiro atoms. The van der Waals surface area contributed by atoms with Crippen molar-refractivity contribution in [3.05, 3.63) is 55.8 Å². The number of aryl methyl sites for hydroxylation is 1. The molecule has 0 aliphatic carbocycles. The number of nitrogens with zero attached hydrogens (tertiary/aromatic N) is 2. The molecular formula is C14H13IN2O2S. The first-order valence-electron chi connectivity index (χ1n) is 5.91. The fraction of sp³-hybridized carbons (Fsp3) is 0.214. The Morgan fingerprint density at radius 1 is 1.35 bits per heavy atom. The maximum Gasteiger partial charge on any atom is 0.267 e. The first-order chi connectivity index (χ1) is 9.52. The van der Waals surface area contributed by atoms with Gasteiger partial charge in [0.05, 0.1) is 22.1 Å². The van der Waals surface area contributed by atoms with E-state index < -0.39 is 0 Å². The number of carbonyl (C=O) groups excluding carboxylic acids is 1. The lowest BCUT2D eigenvalue weighted by atomic mass is 10.1. The molecule has 6 heteroatoms. The van der Waals surface area contributed by atoms with Crippen LogP contribution in [0.4, 0.5) is 0 Å². The van der Waals surface area contributed by atoms with Gasteiger partial charge < -0.3 is 0 Å². The molecule has 1 aromatic heterocycles. The monoisotopic (exact) mass is 400 g/mol. The van der Waals surface area contributed by atoms with Crippen molar-refractivity contribution in [1.29, 1.82) is 0 Å². The molecule has 0 saturated carbocycles. The Morgan fingerprint density at radius 2 is 2.00 bits per heavy atom. The van der Waals surface area contributed by atoms with Crippen molar-refractivity contribution in [1.82, 2.24) is 9.55 Å². The predicted molar refractivity (Wildman–Crippen MR) is 88.5 cm³/mol. The Bertz CT molecular complexity index is 695. The summed E-state index contributed by atoms with van der Waals surface area (Å²) in [5.41, 5.74) is 1.11. The van der Waals surface area contributed by atoms with Crippen LogP contribution in [-0.2, 0) is 6.54 Å². The SMILES string of the molecule is CSc1ccc(C(=O)Cn2cnc(C)c(I)c2=O)cc1. The number of benzene rings is 1. The van der Waals surface area contributed by atoms with Crippen LogP contribution in [-0.4, -0.2) is 21.6 Å². The summed E-state index contributed by atoms with van der Waals surface area (Å²) in [6.07, 6.45) is 3.41. The molecule has 0 saturated heterocycles. The standard InChI is InChI=1S/C14H13IN2O2S/c1-9-13(15)14(19)17(8-16-9)7-12(18)10-3-5-11(20-2)6-4-10/h3-6,8H,7H2,1-2H3. The lowest BCUT2D eigenvalue weighted by molar-refractivity contribution is 0.0970. The number of thioether (sulfide) groups is 1. The Kier molecular flexibility index (Phi) is 4.98. The number of halogens is 1. The topological polar surface area (TPSA) is 52.0 Å². The van der Waals surface area contributed by atoms with E-state index in [4.69, 9.17) is 0 Å².